The standard InChI is InChI=1S/C25H20ClFN2O4S/c1-15-3-8-19(9-4-15)34(32,33)23-13-29(22-10-6-17(27)11-20(22)25(23)31)14-24(30)28-18-7-5-16(2)21(26)12-18/h3-13H,14H2,1-2H3,(H,28,30). The van der Waals surface area contributed by atoms with Gasteiger partial charge in [-0.2, -0.15) is 0 Å². The number of nitrogens with one attached hydrogen (secondary N) is 1. The van der Waals surface area contributed by atoms with Crippen LogP contribution >= 0.6 is 11.6 Å². The Bertz CT molecular complexity index is 1600. The van der Waals surface area contributed by atoms with Crippen molar-refractivity contribution in [2.75, 3.05) is 5.32 Å². The first-order chi connectivity index (χ1) is 16.1. The molecule has 1 heterocycles. The summed E-state index contributed by atoms with van der Waals surface area (Å²) < 4.78 is 41.8. The summed E-state index contributed by atoms with van der Waals surface area (Å²) in [5.74, 6) is -1.17. The number of sulfone groups is 1. The van der Waals surface area contributed by atoms with Crippen LogP contribution < -0.4 is 10.7 Å². The van der Waals surface area contributed by atoms with E-state index in [1.807, 2.05) is 13.8 Å². The third-order valence-corrected chi connectivity index (χ3v) is 7.57. The van der Waals surface area contributed by atoms with Gasteiger partial charge >= 0.3 is 0 Å². The fraction of sp³-hybridized carbons (Fsp3) is 0.120. The zero-order chi connectivity index (χ0) is 24.6. The summed E-state index contributed by atoms with van der Waals surface area (Å²) in [5.41, 5.74) is 1.55. The molecule has 0 radical (unpaired) electrons. The Labute approximate surface area is 200 Å². The summed E-state index contributed by atoms with van der Waals surface area (Å²) >= 11 is 6.11. The Kier molecular flexibility index (Phi) is 6.29. The topological polar surface area (TPSA) is 85.2 Å². The number of pyridine rings is 1. The quantitative estimate of drug-likeness (QED) is 0.425. The average Bonchev–Trinajstić information content (AvgIpc) is 2.78. The molecule has 3 aromatic carbocycles. The van der Waals surface area contributed by atoms with Crippen molar-refractivity contribution in [1.29, 1.82) is 0 Å². The molecule has 34 heavy (non-hydrogen) atoms. The van der Waals surface area contributed by atoms with Crippen molar-refractivity contribution in [1.82, 2.24) is 4.57 Å². The molecular weight excluding hydrogens is 479 g/mol. The van der Waals surface area contributed by atoms with Crippen molar-refractivity contribution in [2.45, 2.75) is 30.2 Å². The molecule has 1 aromatic heterocycles. The second-order valence-corrected chi connectivity index (χ2v) is 10.3. The number of hydrogen-bond donors (Lipinski definition) is 1. The molecule has 0 bridgehead atoms. The number of nitrogens with zero attached hydrogens (tertiary/aromatic N) is 1. The molecule has 4 aromatic rings. The molecule has 174 valence electrons. The highest BCUT2D eigenvalue weighted by Crippen LogP contribution is 2.23. The number of fused-ring (bicyclic) bond motifs is 1. The third kappa shape index (κ3) is 4.60. The van der Waals surface area contributed by atoms with E-state index < -0.39 is 31.9 Å². The monoisotopic (exact) mass is 498 g/mol. The van der Waals surface area contributed by atoms with Crippen LogP contribution in [0.5, 0.6) is 0 Å². The van der Waals surface area contributed by atoms with Crippen molar-refractivity contribution < 1.29 is 17.6 Å². The molecule has 0 saturated heterocycles. The maximum Gasteiger partial charge on any atom is 0.244 e. The Hall–Kier alpha value is -3.49. The highest BCUT2D eigenvalue weighted by atomic mass is 35.5. The van der Waals surface area contributed by atoms with E-state index >= 15 is 0 Å². The highest BCUT2D eigenvalue weighted by Gasteiger charge is 2.24. The van der Waals surface area contributed by atoms with Gasteiger partial charge < -0.3 is 9.88 Å². The van der Waals surface area contributed by atoms with Crippen LogP contribution in [0.25, 0.3) is 10.9 Å². The number of carbonyl (C=O) groups is 1. The summed E-state index contributed by atoms with van der Waals surface area (Å²) in [6.45, 7) is 3.32. The van der Waals surface area contributed by atoms with Gasteiger partial charge in [-0.15, -0.1) is 0 Å². The van der Waals surface area contributed by atoms with Crippen molar-refractivity contribution in [3.8, 4) is 0 Å². The molecular formula is C25H20ClFN2O4S. The van der Waals surface area contributed by atoms with E-state index in [4.69, 9.17) is 11.6 Å². The minimum absolute atomic E-state index is 0.0729. The third-order valence-electron chi connectivity index (χ3n) is 5.40. The van der Waals surface area contributed by atoms with Gasteiger partial charge in [0.05, 0.1) is 10.4 Å². The fourth-order valence-electron chi connectivity index (χ4n) is 3.54. The van der Waals surface area contributed by atoms with E-state index in [2.05, 4.69) is 5.32 Å². The fourth-order valence-corrected chi connectivity index (χ4v) is 5.08. The Balaban J connectivity index is 1.81. The second kappa shape index (κ2) is 9.04. The van der Waals surface area contributed by atoms with Crippen LogP contribution in [0.2, 0.25) is 5.02 Å². The predicted molar refractivity (Wildman–Crippen MR) is 130 cm³/mol. The predicted octanol–water partition coefficient (Wildman–Crippen LogP) is 4.88. The number of rotatable bonds is 5. The van der Waals surface area contributed by atoms with Crippen LogP contribution in [-0.4, -0.2) is 18.9 Å². The van der Waals surface area contributed by atoms with Gasteiger partial charge in [0, 0.05) is 22.3 Å². The molecule has 9 heteroatoms. The van der Waals surface area contributed by atoms with Crippen molar-refractivity contribution >= 4 is 43.9 Å². The van der Waals surface area contributed by atoms with Gasteiger partial charge in [0.2, 0.25) is 21.2 Å². The Morgan fingerprint density at radius 2 is 1.74 bits per heavy atom. The molecule has 1 amide bonds. The molecule has 0 aliphatic rings. The zero-order valence-corrected chi connectivity index (χ0v) is 19.9. The van der Waals surface area contributed by atoms with Crippen molar-refractivity contribution in [2.24, 2.45) is 0 Å². The molecule has 0 saturated carbocycles. The van der Waals surface area contributed by atoms with E-state index in [0.717, 1.165) is 29.5 Å². The van der Waals surface area contributed by atoms with Gasteiger partial charge in [-0.1, -0.05) is 35.4 Å². The Morgan fingerprint density at radius 1 is 1.03 bits per heavy atom. The molecule has 0 aliphatic carbocycles. The number of benzene rings is 3. The number of hydrogen-bond acceptors (Lipinski definition) is 4. The Morgan fingerprint density at radius 3 is 2.41 bits per heavy atom. The summed E-state index contributed by atoms with van der Waals surface area (Å²) in [6, 6.07) is 14.5. The summed E-state index contributed by atoms with van der Waals surface area (Å²) in [4.78, 5) is 25.2. The molecule has 0 spiro atoms. The van der Waals surface area contributed by atoms with Crippen LogP contribution in [0.1, 0.15) is 11.1 Å². The highest BCUT2D eigenvalue weighted by molar-refractivity contribution is 7.91. The lowest BCUT2D eigenvalue weighted by molar-refractivity contribution is -0.116. The van der Waals surface area contributed by atoms with Gasteiger partial charge in [0.1, 0.15) is 17.3 Å². The number of aryl methyl sites for hydroxylation is 2. The van der Waals surface area contributed by atoms with Gasteiger partial charge in [-0.25, -0.2) is 12.8 Å². The maximum atomic E-state index is 14.0. The molecule has 0 aliphatic heterocycles. The largest absolute Gasteiger partial charge is 0.336 e. The van der Waals surface area contributed by atoms with E-state index in [0.29, 0.717) is 10.7 Å². The van der Waals surface area contributed by atoms with Crippen molar-refractivity contribution in [3.05, 3.63) is 99.1 Å². The molecule has 0 unspecified atom stereocenters. The summed E-state index contributed by atoms with van der Waals surface area (Å²) in [7, 11) is -4.22. The first-order valence-electron chi connectivity index (χ1n) is 10.3. The number of anilines is 1. The van der Waals surface area contributed by atoms with Crippen LogP contribution in [0.4, 0.5) is 10.1 Å². The molecule has 1 N–H and O–H groups in total. The minimum atomic E-state index is -4.22. The smallest absolute Gasteiger partial charge is 0.244 e. The first kappa shape index (κ1) is 23.7. The van der Waals surface area contributed by atoms with Gasteiger partial charge in [-0.3, -0.25) is 9.59 Å². The number of amides is 1. The SMILES string of the molecule is Cc1ccc(S(=O)(=O)c2cn(CC(=O)Nc3ccc(C)c(Cl)c3)c3ccc(F)cc3c2=O)cc1. The lowest BCUT2D eigenvalue weighted by Crippen LogP contribution is -2.24. The number of carbonyl (C=O) groups excluding carboxylic acids is 1. The van der Waals surface area contributed by atoms with Gasteiger partial charge in [-0.05, 0) is 61.9 Å². The first-order valence-corrected chi connectivity index (χ1v) is 12.1. The molecule has 0 fully saturated rings. The van der Waals surface area contributed by atoms with E-state index in [1.54, 1.807) is 30.3 Å². The molecule has 0 atom stereocenters. The second-order valence-electron chi connectivity index (χ2n) is 7.94. The zero-order valence-electron chi connectivity index (χ0n) is 18.3. The normalized spacial score (nSPS) is 11.5. The van der Waals surface area contributed by atoms with E-state index in [-0.39, 0.29) is 22.3 Å². The van der Waals surface area contributed by atoms with Gasteiger partial charge in [0.25, 0.3) is 0 Å². The van der Waals surface area contributed by atoms with Crippen LogP contribution in [0, 0.1) is 19.7 Å². The maximum absolute atomic E-state index is 14.0. The van der Waals surface area contributed by atoms with E-state index in [1.165, 1.54) is 22.8 Å². The van der Waals surface area contributed by atoms with E-state index in [9.17, 15) is 22.4 Å². The molecule has 6 nitrogen and oxygen atoms in total. The van der Waals surface area contributed by atoms with Crippen LogP contribution in [0.15, 0.2) is 81.4 Å². The van der Waals surface area contributed by atoms with Crippen molar-refractivity contribution in [3.63, 3.8) is 0 Å². The summed E-state index contributed by atoms with van der Waals surface area (Å²) in [6.07, 6.45) is 1.12. The lowest BCUT2D eigenvalue weighted by Gasteiger charge is -2.14. The number of aromatic nitrogens is 1. The average molecular weight is 499 g/mol. The number of halogens is 2. The van der Waals surface area contributed by atoms with Gasteiger partial charge in [0.15, 0.2) is 0 Å². The van der Waals surface area contributed by atoms with Crippen LogP contribution in [-0.2, 0) is 21.2 Å². The lowest BCUT2D eigenvalue weighted by atomic mass is 10.2. The minimum Gasteiger partial charge on any atom is -0.336 e. The van der Waals surface area contributed by atoms with Crippen LogP contribution in [0.3, 0.4) is 0 Å². The molecule has 4 rings (SSSR count). The summed E-state index contributed by atoms with van der Waals surface area (Å²) in [5, 5.41) is 3.04.